The molecule has 0 saturated heterocycles. The van der Waals surface area contributed by atoms with Crippen LogP contribution in [0.3, 0.4) is 0 Å². The quantitative estimate of drug-likeness (QED) is 0.466. The molecule has 0 aliphatic carbocycles. The predicted molar refractivity (Wildman–Crippen MR) is 54.4 cm³/mol. The lowest BCUT2D eigenvalue weighted by Crippen LogP contribution is -2.24. The van der Waals surface area contributed by atoms with E-state index in [0.29, 0.717) is 6.47 Å². The Kier molecular flexibility index (Phi) is 5.12. The molecule has 0 aliphatic rings. The highest BCUT2D eigenvalue weighted by Crippen LogP contribution is 2.18. The minimum absolute atomic E-state index is 0.476. The van der Waals surface area contributed by atoms with Gasteiger partial charge in [0.05, 0.1) is 0 Å². The number of hydrogen-bond acceptors (Lipinski definition) is 2. The zero-order chi connectivity index (χ0) is 10.3. The van der Waals surface area contributed by atoms with E-state index in [9.17, 15) is 4.79 Å². The first-order valence-corrected chi connectivity index (χ1v) is 4.42. The van der Waals surface area contributed by atoms with Gasteiger partial charge in [-0.2, -0.15) is 0 Å². The molecule has 0 aromatic carbocycles. The molecule has 0 aromatic heterocycles. The van der Waals surface area contributed by atoms with Gasteiger partial charge in [-0.05, 0) is 39.7 Å². The highest BCUT2D eigenvalue weighted by molar-refractivity contribution is 5.39. The maximum absolute atomic E-state index is 10.2. The van der Waals surface area contributed by atoms with E-state index in [1.165, 1.54) is 5.57 Å². The fraction of sp³-hybridized carbons (Fsp3) is 0.545. The molecule has 1 atom stereocenters. The van der Waals surface area contributed by atoms with Crippen molar-refractivity contribution in [3.05, 3.63) is 24.3 Å². The SMILES string of the molecule is C=C[C@](C)(CCC=C(C)C)OC=O. The van der Waals surface area contributed by atoms with Crippen LogP contribution in [-0.4, -0.2) is 12.1 Å². The van der Waals surface area contributed by atoms with Gasteiger partial charge in [0.2, 0.25) is 0 Å². The molecule has 0 amide bonds. The smallest absolute Gasteiger partial charge is 0.293 e. The second kappa shape index (κ2) is 5.57. The monoisotopic (exact) mass is 182 g/mol. The van der Waals surface area contributed by atoms with Crippen molar-refractivity contribution in [1.29, 1.82) is 0 Å². The first-order chi connectivity index (χ1) is 6.04. The Morgan fingerprint density at radius 3 is 2.54 bits per heavy atom. The summed E-state index contributed by atoms with van der Waals surface area (Å²) in [6.07, 6.45) is 5.47. The average molecular weight is 182 g/mol. The summed E-state index contributed by atoms with van der Waals surface area (Å²) in [6, 6.07) is 0. The zero-order valence-corrected chi connectivity index (χ0v) is 8.67. The first kappa shape index (κ1) is 11.9. The lowest BCUT2D eigenvalue weighted by molar-refractivity contribution is -0.138. The predicted octanol–water partition coefficient (Wildman–Crippen LogP) is 2.85. The van der Waals surface area contributed by atoms with Gasteiger partial charge in [0.15, 0.2) is 0 Å². The summed E-state index contributed by atoms with van der Waals surface area (Å²) < 4.78 is 4.93. The molecule has 0 rings (SSSR count). The van der Waals surface area contributed by atoms with Crippen LogP contribution in [0.5, 0.6) is 0 Å². The number of carbonyl (C=O) groups excluding carboxylic acids is 1. The topological polar surface area (TPSA) is 26.3 Å². The van der Waals surface area contributed by atoms with Gasteiger partial charge in [0, 0.05) is 0 Å². The molecule has 0 aliphatic heterocycles. The Morgan fingerprint density at radius 2 is 2.15 bits per heavy atom. The summed E-state index contributed by atoms with van der Waals surface area (Å²) in [5.41, 5.74) is 0.755. The standard InChI is InChI=1S/C11H18O2/c1-5-11(4,13-9-12)8-6-7-10(2)3/h5,7,9H,1,6,8H2,2-4H3/t11-/m1/s1. The summed E-state index contributed by atoms with van der Waals surface area (Å²) >= 11 is 0. The molecule has 0 heterocycles. The fourth-order valence-corrected chi connectivity index (χ4v) is 0.966. The van der Waals surface area contributed by atoms with E-state index in [1.807, 2.05) is 20.8 Å². The van der Waals surface area contributed by atoms with Gasteiger partial charge >= 0.3 is 0 Å². The highest BCUT2D eigenvalue weighted by atomic mass is 16.5. The number of carbonyl (C=O) groups is 1. The third-order valence-corrected chi connectivity index (χ3v) is 1.94. The lowest BCUT2D eigenvalue weighted by Gasteiger charge is -2.22. The van der Waals surface area contributed by atoms with Crippen LogP contribution < -0.4 is 0 Å². The Morgan fingerprint density at radius 1 is 1.54 bits per heavy atom. The van der Waals surface area contributed by atoms with E-state index >= 15 is 0 Å². The normalized spacial score (nSPS) is 14.1. The van der Waals surface area contributed by atoms with Crippen LogP contribution in [0.2, 0.25) is 0 Å². The van der Waals surface area contributed by atoms with E-state index in [-0.39, 0.29) is 0 Å². The van der Waals surface area contributed by atoms with Crippen LogP contribution >= 0.6 is 0 Å². The summed E-state index contributed by atoms with van der Waals surface area (Å²) in [5.74, 6) is 0. The molecule has 2 nitrogen and oxygen atoms in total. The molecule has 0 N–H and O–H groups in total. The summed E-state index contributed by atoms with van der Waals surface area (Å²) in [6.45, 7) is 10.1. The summed E-state index contributed by atoms with van der Waals surface area (Å²) in [4.78, 5) is 10.2. The van der Waals surface area contributed by atoms with E-state index in [4.69, 9.17) is 4.74 Å². The Hall–Kier alpha value is -1.05. The van der Waals surface area contributed by atoms with Gasteiger partial charge in [-0.15, -0.1) is 0 Å². The molecular formula is C11H18O2. The van der Waals surface area contributed by atoms with Gasteiger partial charge < -0.3 is 4.74 Å². The number of ether oxygens (including phenoxy) is 1. The van der Waals surface area contributed by atoms with Gasteiger partial charge in [-0.25, -0.2) is 0 Å². The Labute approximate surface area is 80.3 Å². The maximum atomic E-state index is 10.2. The van der Waals surface area contributed by atoms with Crippen molar-refractivity contribution in [2.24, 2.45) is 0 Å². The minimum Gasteiger partial charge on any atom is -0.457 e. The molecule has 0 fully saturated rings. The molecule has 0 spiro atoms. The van der Waals surface area contributed by atoms with Crippen LogP contribution in [0.4, 0.5) is 0 Å². The van der Waals surface area contributed by atoms with Crippen molar-refractivity contribution in [1.82, 2.24) is 0 Å². The second-order valence-electron chi connectivity index (χ2n) is 3.55. The van der Waals surface area contributed by atoms with Gasteiger partial charge in [0.1, 0.15) is 5.60 Å². The van der Waals surface area contributed by atoms with Crippen molar-refractivity contribution in [3.8, 4) is 0 Å². The van der Waals surface area contributed by atoms with Crippen molar-refractivity contribution in [2.45, 2.75) is 39.2 Å². The maximum Gasteiger partial charge on any atom is 0.293 e. The number of allylic oxidation sites excluding steroid dienone is 2. The van der Waals surface area contributed by atoms with E-state index in [2.05, 4.69) is 12.7 Å². The summed E-state index contributed by atoms with van der Waals surface area (Å²) in [7, 11) is 0. The number of rotatable bonds is 6. The second-order valence-corrected chi connectivity index (χ2v) is 3.55. The molecule has 2 heteroatoms. The van der Waals surface area contributed by atoms with Crippen molar-refractivity contribution in [3.63, 3.8) is 0 Å². The van der Waals surface area contributed by atoms with E-state index < -0.39 is 5.60 Å². The fourth-order valence-electron chi connectivity index (χ4n) is 0.966. The first-order valence-electron chi connectivity index (χ1n) is 4.42. The van der Waals surface area contributed by atoms with Crippen molar-refractivity contribution >= 4 is 6.47 Å². The Bertz CT molecular complexity index is 202. The molecule has 0 bridgehead atoms. The molecule has 0 aromatic rings. The molecule has 0 unspecified atom stereocenters. The lowest BCUT2D eigenvalue weighted by atomic mass is 9.99. The molecule has 74 valence electrons. The number of hydrogen-bond donors (Lipinski definition) is 0. The highest BCUT2D eigenvalue weighted by Gasteiger charge is 2.19. The van der Waals surface area contributed by atoms with Crippen molar-refractivity contribution in [2.75, 3.05) is 0 Å². The van der Waals surface area contributed by atoms with Crippen LogP contribution in [0, 0.1) is 0 Å². The third kappa shape index (κ3) is 5.23. The van der Waals surface area contributed by atoms with Gasteiger partial charge in [-0.3, -0.25) is 4.79 Å². The van der Waals surface area contributed by atoms with Crippen LogP contribution in [-0.2, 0) is 9.53 Å². The van der Waals surface area contributed by atoms with Crippen LogP contribution in [0.1, 0.15) is 33.6 Å². The van der Waals surface area contributed by atoms with E-state index in [1.54, 1.807) is 6.08 Å². The molecule has 0 radical (unpaired) electrons. The molecule has 13 heavy (non-hydrogen) atoms. The van der Waals surface area contributed by atoms with Gasteiger partial charge in [0.25, 0.3) is 6.47 Å². The summed E-state index contributed by atoms with van der Waals surface area (Å²) in [5, 5.41) is 0. The Balaban J connectivity index is 4.04. The largest absolute Gasteiger partial charge is 0.457 e. The third-order valence-electron chi connectivity index (χ3n) is 1.94. The van der Waals surface area contributed by atoms with E-state index in [0.717, 1.165) is 12.8 Å². The van der Waals surface area contributed by atoms with Crippen molar-refractivity contribution < 1.29 is 9.53 Å². The zero-order valence-electron chi connectivity index (χ0n) is 8.67. The average Bonchev–Trinajstić information content (AvgIpc) is 2.04. The molecular weight excluding hydrogens is 164 g/mol. The van der Waals surface area contributed by atoms with Crippen LogP contribution in [0.25, 0.3) is 0 Å². The molecule has 0 saturated carbocycles. The van der Waals surface area contributed by atoms with Gasteiger partial charge in [-0.1, -0.05) is 18.2 Å². The minimum atomic E-state index is -0.520. The van der Waals surface area contributed by atoms with Crippen LogP contribution in [0.15, 0.2) is 24.3 Å².